The second-order valence-electron chi connectivity index (χ2n) is 2.82. The number of alkyl halides is 3. The van der Waals surface area contributed by atoms with Gasteiger partial charge in [0, 0.05) is 11.9 Å². The maximum atomic E-state index is 12.2. The summed E-state index contributed by atoms with van der Waals surface area (Å²) < 4.78 is 36.6. The van der Waals surface area contributed by atoms with Crippen LogP contribution in [0.2, 0.25) is 0 Å². The van der Waals surface area contributed by atoms with Crippen molar-refractivity contribution in [1.29, 1.82) is 0 Å². The summed E-state index contributed by atoms with van der Waals surface area (Å²) in [6, 6.07) is 1.16. The second kappa shape index (κ2) is 3.36. The van der Waals surface area contributed by atoms with Crippen molar-refractivity contribution in [2.45, 2.75) is 26.4 Å². The van der Waals surface area contributed by atoms with E-state index < -0.39 is 11.7 Å². The average Bonchev–Trinajstić information content (AvgIpc) is 2.03. The first kappa shape index (κ1) is 10.0. The van der Waals surface area contributed by atoms with E-state index in [1.807, 2.05) is 6.92 Å². The van der Waals surface area contributed by atoms with Crippen molar-refractivity contribution < 1.29 is 13.2 Å². The van der Waals surface area contributed by atoms with Gasteiger partial charge in [-0.15, -0.1) is 0 Å². The van der Waals surface area contributed by atoms with Gasteiger partial charge in [0.05, 0.1) is 5.56 Å². The fraction of sp³-hybridized carbons (Fsp3) is 0.444. The molecule has 13 heavy (non-hydrogen) atoms. The Morgan fingerprint density at radius 3 is 2.46 bits per heavy atom. The van der Waals surface area contributed by atoms with Crippen LogP contribution in [0.4, 0.5) is 13.2 Å². The molecule has 0 N–H and O–H groups in total. The van der Waals surface area contributed by atoms with Gasteiger partial charge in [0.2, 0.25) is 0 Å². The van der Waals surface area contributed by atoms with Gasteiger partial charge in [-0.1, -0.05) is 6.92 Å². The molecule has 1 nitrogen and oxygen atoms in total. The summed E-state index contributed by atoms with van der Waals surface area (Å²) in [5.74, 6) is 0. The fourth-order valence-corrected chi connectivity index (χ4v) is 1.09. The normalized spacial score (nSPS) is 11.8. The SMILES string of the molecule is CCc1cc(C(F)(F)F)cnc1C. The number of aromatic nitrogens is 1. The molecule has 0 aliphatic rings. The molecule has 0 saturated carbocycles. The van der Waals surface area contributed by atoms with Crippen LogP contribution in [0.25, 0.3) is 0 Å². The zero-order chi connectivity index (χ0) is 10.1. The average molecular weight is 189 g/mol. The molecular weight excluding hydrogens is 179 g/mol. The number of hydrogen-bond acceptors (Lipinski definition) is 1. The van der Waals surface area contributed by atoms with Crippen molar-refractivity contribution in [3.63, 3.8) is 0 Å². The third-order valence-corrected chi connectivity index (χ3v) is 1.90. The van der Waals surface area contributed by atoms with Gasteiger partial charge in [0.15, 0.2) is 0 Å². The van der Waals surface area contributed by atoms with E-state index in [9.17, 15) is 13.2 Å². The van der Waals surface area contributed by atoms with Gasteiger partial charge < -0.3 is 0 Å². The highest BCUT2D eigenvalue weighted by Gasteiger charge is 2.31. The molecule has 1 aromatic heterocycles. The maximum Gasteiger partial charge on any atom is 0.417 e. The molecule has 1 rings (SSSR count). The smallest absolute Gasteiger partial charge is 0.261 e. The van der Waals surface area contributed by atoms with E-state index >= 15 is 0 Å². The summed E-state index contributed by atoms with van der Waals surface area (Å²) >= 11 is 0. The predicted octanol–water partition coefficient (Wildman–Crippen LogP) is 2.97. The minimum Gasteiger partial charge on any atom is -0.261 e. The van der Waals surface area contributed by atoms with Gasteiger partial charge in [-0.3, -0.25) is 4.98 Å². The first-order valence-corrected chi connectivity index (χ1v) is 3.98. The predicted molar refractivity (Wildman–Crippen MR) is 43.4 cm³/mol. The third-order valence-electron chi connectivity index (χ3n) is 1.90. The van der Waals surface area contributed by atoms with Crippen LogP contribution < -0.4 is 0 Å². The van der Waals surface area contributed by atoms with Crippen LogP contribution in [0.5, 0.6) is 0 Å². The Kier molecular flexibility index (Phi) is 2.59. The Morgan fingerprint density at radius 1 is 1.38 bits per heavy atom. The van der Waals surface area contributed by atoms with Crippen LogP contribution in [0, 0.1) is 6.92 Å². The van der Waals surface area contributed by atoms with Gasteiger partial charge >= 0.3 is 6.18 Å². The number of aryl methyl sites for hydroxylation is 2. The Morgan fingerprint density at radius 2 is 2.00 bits per heavy atom. The summed E-state index contributed by atoms with van der Waals surface area (Å²) in [7, 11) is 0. The van der Waals surface area contributed by atoms with Gasteiger partial charge in [0.1, 0.15) is 0 Å². The maximum absolute atomic E-state index is 12.2. The molecule has 0 aromatic carbocycles. The minimum absolute atomic E-state index is 0.572. The van der Waals surface area contributed by atoms with Crippen molar-refractivity contribution in [3.8, 4) is 0 Å². The van der Waals surface area contributed by atoms with E-state index in [0.717, 1.165) is 12.3 Å². The topological polar surface area (TPSA) is 12.9 Å². The molecular formula is C9H10F3N. The van der Waals surface area contributed by atoms with Crippen LogP contribution in [0.15, 0.2) is 12.3 Å². The summed E-state index contributed by atoms with van der Waals surface area (Å²) in [6.45, 7) is 3.52. The lowest BCUT2D eigenvalue weighted by atomic mass is 10.1. The molecule has 4 heteroatoms. The van der Waals surface area contributed by atoms with Crippen LogP contribution in [-0.4, -0.2) is 4.98 Å². The Bertz CT molecular complexity index is 304. The summed E-state index contributed by atoms with van der Waals surface area (Å²) in [4.78, 5) is 3.70. The molecule has 0 aliphatic heterocycles. The third kappa shape index (κ3) is 2.20. The molecule has 0 saturated heterocycles. The molecule has 0 amide bonds. The van der Waals surface area contributed by atoms with Crippen molar-refractivity contribution in [1.82, 2.24) is 4.98 Å². The molecule has 0 atom stereocenters. The van der Waals surface area contributed by atoms with Crippen molar-refractivity contribution >= 4 is 0 Å². The lowest BCUT2D eigenvalue weighted by Crippen LogP contribution is -2.07. The van der Waals surface area contributed by atoms with E-state index in [0.29, 0.717) is 17.7 Å². The van der Waals surface area contributed by atoms with E-state index in [-0.39, 0.29) is 0 Å². The largest absolute Gasteiger partial charge is 0.417 e. The molecule has 0 bridgehead atoms. The standard InChI is InChI=1S/C9H10F3N/c1-3-7-4-8(9(10,11)12)5-13-6(7)2/h4-5H,3H2,1-2H3. The molecule has 0 fully saturated rings. The van der Waals surface area contributed by atoms with Crippen molar-refractivity contribution in [3.05, 3.63) is 29.1 Å². The summed E-state index contributed by atoms with van der Waals surface area (Å²) in [5, 5.41) is 0. The van der Waals surface area contributed by atoms with Crippen molar-refractivity contribution in [2.75, 3.05) is 0 Å². The zero-order valence-electron chi connectivity index (χ0n) is 7.44. The monoisotopic (exact) mass is 189 g/mol. The van der Waals surface area contributed by atoms with Crippen LogP contribution in [-0.2, 0) is 12.6 Å². The summed E-state index contributed by atoms with van der Waals surface area (Å²) in [6.07, 6.45) is -2.85. The van der Waals surface area contributed by atoms with E-state index in [2.05, 4.69) is 4.98 Å². The van der Waals surface area contributed by atoms with Gasteiger partial charge in [-0.2, -0.15) is 13.2 Å². The van der Waals surface area contributed by atoms with Gasteiger partial charge in [0.25, 0.3) is 0 Å². The number of pyridine rings is 1. The molecule has 1 heterocycles. The highest BCUT2D eigenvalue weighted by atomic mass is 19.4. The van der Waals surface area contributed by atoms with Crippen LogP contribution in [0.1, 0.15) is 23.7 Å². The molecule has 0 unspecified atom stereocenters. The summed E-state index contributed by atoms with van der Waals surface area (Å²) in [5.41, 5.74) is 0.639. The highest BCUT2D eigenvalue weighted by molar-refractivity contribution is 5.26. The quantitative estimate of drug-likeness (QED) is 0.661. The zero-order valence-corrected chi connectivity index (χ0v) is 7.44. The fourth-order valence-electron chi connectivity index (χ4n) is 1.09. The first-order valence-electron chi connectivity index (χ1n) is 3.98. The van der Waals surface area contributed by atoms with Gasteiger partial charge in [-0.25, -0.2) is 0 Å². The minimum atomic E-state index is -4.29. The number of rotatable bonds is 1. The molecule has 0 aliphatic carbocycles. The van der Waals surface area contributed by atoms with E-state index in [1.165, 1.54) is 0 Å². The van der Waals surface area contributed by atoms with Crippen LogP contribution >= 0.6 is 0 Å². The second-order valence-corrected chi connectivity index (χ2v) is 2.82. The molecule has 0 radical (unpaired) electrons. The van der Waals surface area contributed by atoms with E-state index in [4.69, 9.17) is 0 Å². The highest BCUT2D eigenvalue weighted by Crippen LogP contribution is 2.29. The number of hydrogen-bond donors (Lipinski definition) is 0. The van der Waals surface area contributed by atoms with Crippen LogP contribution in [0.3, 0.4) is 0 Å². The van der Waals surface area contributed by atoms with Gasteiger partial charge in [-0.05, 0) is 25.0 Å². The Hall–Kier alpha value is -1.06. The van der Waals surface area contributed by atoms with E-state index in [1.54, 1.807) is 6.92 Å². The Labute approximate surface area is 74.6 Å². The first-order chi connectivity index (χ1) is 5.95. The molecule has 1 aromatic rings. The number of nitrogens with zero attached hydrogens (tertiary/aromatic N) is 1. The molecule has 0 spiro atoms. The lowest BCUT2D eigenvalue weighted by Gasteiger charge is -2.08. The lowest BCUT2D eigenvalue weighted by molar-refractivity contribution is -0.137. The number of halogens is 3. The Balaban J connectivity index is 3.14. The van der Waals surface area contributed by atoms with Crippen molar-refractivity contribution in [2.24, 2.45) is 0 Å². The molecule has 72 valence electrons.